The molecule has 1 fully saturated rings. The Morgan fingerprint density at radius 1 is 1.00 bits per heavy atom. The highest BCUT2D eigenvalue weighted by molar-refractivity contribution is 6.14. The van der Waals surface area contributed by atoms with Gasteiger partial charge in [0.2, 0.25) is 0 Å². The lowest BCUT2D eigenvalue weighted by Crippen LogP contribution is -2.30. The Balaban J connectivity index is 1.66. The van der Waals surface area contributed by atoms with Gasteiger partial charge in [0.1, 0.15) is 11.6 Å². The van der Waals surface area contributed by atoms with Crippen molar-refractivity contribution in [2.45, 2.75) is 19.3 Å². The van der Waals surface area contributed by atoms with Gasteiger partial charge in [-0.15, -0.1) is 0 Å². The SMILES string of the molecule is COc1ccc(NC(=O)c2cnc(N3CCCCC3)c3ccccc23)cc1. The number of carbonyl (C=O) groups is 1. The first-order valence-electron chi connectivity index (χ1n) is 9.34. The lowest BCUT2D eigenvalue weighted by atomic mass is 10.0. The number of piperidine rings is 1. The van der Waals surface area contributed by atoms with Crippen molar-refractivity contribution in [2.75, 3.05) is 30.4 Å². The number of nitrogens with one attached hydrogen (secondary N) is 1. The molecule has 0 aliphatic carbocycles. The number of carbonyl (C=O) groups excluding carboxylic acids is 1. The van der Waals surface area contributed by atoms with Crippen molar-refractivity contribution in [3.8, 4) is 5.75 Å². The van der Waals surface area contributed by atoms with Crippen molar-refractivity contribution in [1.29, 1.82) is 0 Å². The second kappa shape index (κ2) is 7.66. The summed E-state index contributed by atoms with van der Waals surface area (Å²) in [4.78, 5) is 19.9. The molecule has 1 aliphatic heterocycles. The Bertz CT molecular complexity index is 947. The lowest BCUT2D eigenvalue weighted by molar-refractivity contribution is 0.102. The Morgan fingerprint density at radius 2 is 1.70 bits per heavy atom. The largest absolute Gasteiger partial charge is 0.497 e. The molecule has 0 bridgehead atoms. The zero-order valence-corrected chi connectivity index (χ0v) is 15.4. The number of nitrogens with zero attached hydrogens (tertiary/aromatic N) is 2. The fourth-order valence-electron chi connectivity index (χ4n) is 3.59. The Labute approximate surface area is 159 Å². The molecule has 0 unspecified atom stereocenters. The molecule has 0 saturated carbocycles. The molecule has 2 aromatic carbocycles. The summed E-state index contributed by atoms with van der Waals surface area (Å²) in [5.41, 5.74) is 1.31. The van der Waals surface area contributed by atoms with Gasteiger partial charge in [-0.25, -0.2) is 4.98 Å². The monoisotopic (exact) mass is 361 g/mol. The molecule has 5 nitrogen and oxygen atoms in total. The fourth-order valence-corrected chi connectivity index (χ4v) is 3.59. The summed E-state index contributed by atoms with van der Waals surface area (Å²) in [6, 6.07) is 15.3. The van der Waals surface area contributed by atoms with E-state index in [1.54, 1.807) is 13.3 Å². The van der Waals surface area contributed by atoms with Gasteiger partial charge < -0.3 is 15.0 Å². The molecule has 4 rings (SSSR count). The number of aromatic nitrogens is 1. The molecule has 1 amide bonds. The van der Waals surface area contributed by atoms with Crippen LogP contribution in [-0.2, 0) is 0 Å². The van der Waals surface area contributed by atoms with Crippen molar-refractivity contribution in [1.82, 2.24) is 4.98 Å². The van der Waals surface area contributed by atoms with Crippen LogP contribution in [0.4, 0.5) is 11.5 Å². The fraction of sp³-hybridized carbons (Fsp3) is 0.273. The topological polar surface area (TPSA) is 54.5 Å². The van der Waals surface area contributed by atoms with Crippen molar-refractivity contribution < 1.29 is 9.53 Å². The van der Waals surface area contributed by atoms with E-state index in [1.807, 2.05) is 42.5 Å². The predicted octanol–water partition coefficient (Wildman–Crippen LogP) is 4.49. The van der Waals surface area contributed by atoms with Gasteiger partial charge in [-0.1, -0.05) is 24.3 Å². The first kappa shape index (κ1) is 17.3. The van der Waals surface area contributed by atoms with Crippen LogP contribution in [0.2, 0.25) is 0 Å². The van der Waals surface area contributed by atoms with E-state index in [9.17, 15) is 4.79 Å². The molecule has 0 atom stereocenters. The van der Waals surface area contributed by atoms with Gasteiger partial charge in [0.15, 0.2) is 0 Å². The first-order chi connectivity index (χ1) is 13.3. The van der Waals surface area contributed by atoms with Crippen LogP contribution >= 0.6 is 0 Å². The molecule has 5 heteroatoms. The molecule has 2 heterocycles. The number of anilines is 2. The minimum absolute atomic E-state index is 0.158. The van der Waals surface area contributed by atoms with Crippen molar-refractivity contribution in [3.05, 3.63) is 60.3 Å². The highest BCUT2D eigenvalue weighted by Crippen LogP contribution is 2.29. The molecular formula is C22H23N3O2. The van der Waals surface area contributed by atoms with Gasteiger partial charge in [0.25, 0.3) is 5.91 Å². The van der Waals surface area contributed by atoms with Crippen LogP contribution in [0.25, 0.3) is 10.8 Å². The Morgan fingerprint density at radius 3 is 2.41 bits per heavy atom. The summed E-state index contributed by atoms with van der Waals surface area (Å²) in [5, 5.41) is 4.91. The second-order valence-electron chi connectivity index (χ2n) is 6.77. The van der Waals surface area contributed by atoms with E-state index in [0.29, 0.717) is 5.56 Å². The molecule has 138 valence electrons. The van der Waals surface area contributed by atoms with Crippen LogP contribution < -0.4 is 15.0 Å². The molecular weight excluding hydrogens is 338 g/mol. The molecule has 0 spiro atoms. The summed E-state index contributed by atoms with van der Waals surface area (Å²) in [6.45, 7) is 2.04. The van der Waals surface area contributed by atoms with E-state index < -0.39 is 0 Å². The van der Waals surface area contributed by atoms with Gasteiger partial charge in [-0.2, -0.15) is 0 Å². The van der Waals surface area contributed by atoms with E-state index in [1.165, 1.54) is 19.3 Å². The van der Waals surface area contributed by atoms with Gasteiger partial charge in [0, 0.05) is 30.4 Å². The zero-order valence-electron chi connectivity index (χ0n) is 15.4. The molecule has 27 heavy (non-hydrogen) atoms. The minimum Gasteiger partial charge on any atom is -0.497 e. The maximum Gasteiger partial charge on any atom is 0.257 e. The predicted molar refractivity (Wildman–Crippen MR) is 109 cm³/mol. The van der Waals surface area contributed by atoms with E-state index in [2.05, 4.69) is 21.3 Å². The number of amides is 1. The van der Waals surface area contributed by atoms with Crippen LogP contribution in [0.5, 0.6) is 5.75 Å². The van der Waals surface area contributed by atoms with Gasteiger partial charge >= 0.3 is 0 Å². The maximum absolute atomic E-state index is 12.9. The lowest BCUT2D eigenvalue weighted by Gasteiger charge is -2.29. The van der Waals surface area contributed by atoms with Crippen LogP contribution in [0, 0.1) is 0 Å². The summed E-state index contributed by atoms with van der Waals surface area (Å²) in [5.74, 6) is 1.58. The van der Waals surface area contributed by atoms with Crippen LogP contribution in [0.1, 0.15) is 29.6 Å². The van der Waals surface area contributed by atoms with Gasteiger partial charge in [0.05, 0.1) is 12.7 Å². The normalized spacial score (nSPS) is 14.2. The highest BCUT2D eigenvalue weighted by atomic mass is 16.5. The van der Waals surface area contributed by atoms with E-state index in [-0.39, 0.29) is 5.91 Å². The van der Waals surface area contributed by atoms with Crippen molar-refractivity contribution in [2.24, 2.45) is 0 Å². The van der Waals surface area contributed by atoms with Crippen LogP contribution in [0.15, 0.2) is 54.7 Å². The molecule has 3 aromatic rings. The Kier molecular flexibility index (Phi) is 4.92. The average Bonchev–Trinajstić information content (AvgIpc) is 2.74. The summed E-state index contributed by atoms with van der Waals surface area (Å²) >= 11 is 0. The smallest absolute Gasteiger partial charge is 0.257 e. The van der Waals surface area contributed by atoms with E-state index >= 15 is 0 Å². The third kappa shape index (κ3) is 3.58. The quantitative estimate of drug-likeness (QED) is 0.744. The number of rotatable bonds is 4. The molecule has 1 aliphatic rings. The van der Waals surface area contributed by atoms with Crippen LogP contribution in [0.3, 0.4) is 0 Å². The van der Waals surface area contributed by atoms with Crippen molar-refractivity contribution in [3.63, 3.8) is 0 Å². The maximum atomic E-state index is 12.9. The Hall–Kier alpha value is -3.08. The van der Waals surface area contributed by atoms with Gasteiger partial charge in [-0.05, 0) is 48.9 Å². The minimum atomic E-state index is -0.158. The summed E-state index contributed by atoms with van der Waals surface area (Å²) in [7, 11) is 1.62. The van der Waals surface area contributed by atoms with E-state index in [4.69, 9.17) is 4.74 Å². The number of pyridine rings is 1. The standard InChI is InChI=1S/C22H23N3O2/c1-27-17-11-9-16(10-12-17)24-22(26)20-15-23-21(25-13-5-2-6-14-25)19-8-4-3-7-18(19)20/h3-4,7-12,15H,2,5-6,13-14H2,1H3,(H,24,26). The molecule has 1 N–H and O–H groups in total. The number of hydrogen-bond acceptors (Lipinski definition) is 4. The molecule has 0 radical (unpaired) electrons. The first-order valence-corrected chi connectivity index (χ1v) is 9.34. The number of fused-ring (bicyclic) bond motifs is 1. The number of methoxy groups -OCH3 is 1. The molecule has 1 saturated heterocycles. The highest BCUT2D eigenvalue weighted by Gasteiger charge is 2.18. The van der Waals surface area contributed by atoms with Gasteiger partial charge in [-0.3, -0.25) is 4.79 Å². The summed E-state index contributed by atoms with van der Waals surface area (Å²) in [6.07, 6.45) is 5.35. The average molecular weight is 361 g/mol. The van der Waals surface area contributed by atoms with E-state index in [0.717, 1.165) is 41.1 Å². The third-order valence-electron chi connectivity index (χ3n) is 5.02. The zero-order chi connectivity index (χ0) is 18.6. The molecule has 1 aromatic heterocycles. The van der Waals surface area contributed by atoms with Crippen molar-refractivity contribution >= 4 is 28.2 Å². The number of hydrogen-bond donors (Lipinski definition) is 1. The number of benzene rings is 2. The third-order valence-corrected chi connectivity index (χ3v) is 5.02. The van der Waals surface area contributed by atoms with Crippen LogP contribution in [-0.4, -0.2) is 31.1 Å². The number of ether oxygens (including phenoxy) is 1. The second-order valence-corrected chi connectivity index (χ2v) is 6.77. The summed E-state index contributed by atoms with van der Waals surface area (Å²) < 4.78 is 5.16.